The molecule has 2 aromatic rings. The van der Waals surface area contributed by atoms with Gasteiger partial charge in [0.15, 0.2) is 11.5 Å². The molecule has 0 fully saturated rings. The number of rotatable bonds is 6. The Kier molecular flexibility index (Phi) is 5.11. The van der Waals surface area contributed by atoms with E-state index in [0.29, 0.717) is 6.61 Å². The zero-order valence-electron chi connectivity index (χ0n) is 14.3. The van der Waals surface area contributed by atoms with E-state index in [1.165, 1.54) is 11.1 Å². The van der Waals surface area contributed by atoms with Crippen molar-refractivity contribution in [1.29, 1.82) is 0 Å². The SMILES string of the molecule is COc1ccc(OC[C@@H]2NCCc3cc(OC)c(OC)cc32)cc1. The summed E-state index contributed by atoms with van der Waals surface area (Å²) < 4.78 is 21.9. The van der Waals surface area contributed by atoms with Gasteiger partial charge in [-0.3, -0.25) is 0 Å². The summed E-state index contributed by atoms with van der Waals surface area (Å²) in [6, 6.07) is 11.8. The minimum absolute atomic E-state index is 0.121. The second-order valence-corrected chi connectivity index (χ2v) is 5.65. The molecule has 128 valence electrons. The van der Waals surface area contributed by atoms with Gasteiger partial charge in [-0.15, -0.1) is 0 Å². The molecule has 1 aliphatic heterocycles. The Hall–Kier alpha value is -2.40. The van der Waals surface area contributed by atoms with Crippen LogP contribution >= 0.6 is 0 Å². The van der Waals surface area contributed by atoms with Crippen molar-refractivity contribution < 1.29 is 18.9 Å². The van der Waals surface area contributed by atoms with Crippen molar-refractivity contribution in [1.82, 2.24) is 5.32 Å². The number of benzene rings is 2. The van der Waals surface area contributed by atoms with E-state index >= 15 is 0 Å². The number of ether oxygens (including phenoxy) is 4. The molecule has 0 aromatic heterocycles. The molecule has 1 heterocycles. The normalized spacial score (nSPS) is 16.2. The van der Waals surface area contributed by atoms with Crippen LogP contribution in [0.15, 0.2) is 36.4 Å². The first-order valence-electron chi connectivity index (χ1n) is 8.00. The molecule has 24 heavy (non-hydrogen) atoms. The Morgan fingerprint density at radius 3 is 2.25 bits per heavy atom. The van der Waals surface area contributed by atoms with E-state index in [1.807, 2.05) is 30.3 Å². The van der Waals surface area contributed by atoms with E-state index in [4.69, 9.17) is 18.9 Å². The van der Waals surface area contributed by atoms with Gasteiger partial charge in [-0.05, 0) is 60.5 Å². The van der Waals surface area contributed by atoms with Crippen molar-refractivity contribution in [3.63, 3.8) is 0 Å². The Morgan fingerprint density at radius 2 is 1.58 bits per heavy atom. The third kappa shape index (κ3) is 3.41. The molecule has 0 saturated carbocycles. The highest BCUT2D eigenvalue weighted by Gasteiger charge is 2.23. The summed E-state index contributed by atoms with van der Waals surface area (Å²) in [5.74, 6) is 3.16. The van der Waals surface area contributed by atoms with Crippen LogP contribution in [0.25, 0.3) is 0 Å². The van der Waals surface area contributed by atoms with Gasteiger partial charge < -0.3 is 24.3 Å². The molecule has 0 amide bonds. The van der Waals surface area contributed by atoms with Gasteiger partial charge in [-0.2, -0.15) is 0 Å². The van der Waals surface area contributed by atoms with Crippen LogP contribution in [0, 0.1) is 0 Å². The lowest BCUT2D eigenvalue weighted by Gasteiger charge is -2.28. The molecule has 5 heteroatoms. The molecule has 0 spiro atoms. The Morgan fingerprint density at radius 1 is 0.917 bits per heavy atom. The van der Waals surface area contributed by atoms with E-state index in [9.17, 15) is 0 Å². The van der Waals surface area contributed by atoms with Gasteiger partial charge in [0, 0.05) is 0 Å². The molecule has 0 radical (unpaired) electrons. The summed E-state index contributed by atoms with van der Waals surface area (Å²) in [6.07, 6.45) is 0.967. The highest BCUT2D eigenvalue weighted by atomic mass is 16.5. The molecule has 5 nitrogen and oxygen atoms in total. The van der Waals surface area contributed by atoms with Gasteiger partial charge in [0.05, 0.1) is 27.4 Å². The number of fused-ring (bicyclic) bond motifs is 1. The zero-order valence-corrected chi connectivity index (χ0v) is 14.3. The fourth-order valence-electron chi connectivity index (χ4n) is 2.97. The van der Waals surface area contributed by atoms with Gasteiger partial charge in [0.1, 0.15) is 18.1 Å². The van der Waals surface area contributed by atoms with Gasteiger partial charge >= 0.3 is 0 Å². The summed E-state index contributed by atoms with van der Waals surface area (Å²) in [4.78, 5) is 0. The van der Waals surface area contributed by atoms with Crippen molar-refractivity contribution in [2.24, 2.45) is 0 Å². The van der Waals surface area contributed by atoms with Crippen molar-refractivity contribution in [3.8, 4) is 23.0 Å². The maximum Gasteiger partial charge on any atom is 0.161 e. The van der Waals surface area contributed by atoms with Crippen molar-refractivity contribution in [2.75, 3.05) is 34.5 Å². The van der Waals surface area contributed by atoms with Crippen molar-refractivity contribution in [3.05, 3.63) is 47.5 Å². The minimum Gasteiger partial charge on any atom is -0.497 e. The molecule has 1 N–H and O–H groups in total. The average Bonchev–Trinajstić information content (AvgIpc) is 2.65. The monoisotopic (exact) mass is 329 g/mol. The van der Waals surface area contributed by atoms with Gasteiger partial charge in [0.2, 0.25) is 0 Å². The fourth-order valence-corrected chi connectivity index (χ4v) is 2.97. The lowest BCUT2D eigenvalue weighted by Crippen LogP contribution is -2.33. The Bertz CT molecular complexity index is 685. The zero-order chi connectivity index (χ0) is 16.9. The van der Waals surface area contributed by atoms with E-state index in [2.05, 4.69) is 11.4 Å². The van der Waals surface area contributed by atoms with Crippen LogP contribution in [0.4, 0.5) is 0 Å². The van der Waals surface area contributed by atoms with E-state index < -0.39 is 0 Å². The quantitative estimate of drug-likeness (QED) is 0.883. The Balaban J connectivity index is 1.76. The molecule has 1 aliphatic rings. The molecule has 0 aliphatic carbocycles. The van der Waals surface area contributed by atoms with E-state index in [1.54, 1.807) is 21.3 Å². The molecular formula is C19H23NO4. The van der Waals surface area contributed by atoms with Crippen LogP contribution in [0.1, 0.15) is 17.2 Å². The van der Waals surface area contributed by atoms with E-state index in [-0.39, 0.29) is 6.04 Å². The van der Waals surface area contributed by atoms with E-state index in [0.717, 1.165) is 36.0 Å². The van der Waals surface area contributed by atoms with Crippen LogP contribution in [0.3, 0.4) is 0 Å². The van der Waals surface area contributed by atoms with Crippen LogP contribution in [0.2, 0.25) is 0 Å². The molecule has 3 rings (SSSR count). The highest BCUT2D eigenvalue weighted by molar-refractivity contribution is 5.49. The lowest BCUT2D eigenvalue weighted by molar-refractivity contribution is 0.260. The second kappa shape index (κ2) is 7.45. The molecule has 0 saturated heterocycles. The lowest BCUT2D eigenvalue weighted by atomic mass is 9.94. The maximum atomic E-state index is 5.94. The first kappa shape index (κ1) is 16.5. The van der Waals surface area contributed by atoms with Crippen LogP contribution < -0.4 is 24.3 Å². The van der Waals surface area contributed by atoms with Crippen molar-refractivity contribution >= 4 is 0 Å². The molecule has 1 atom stereocenters. The van der Waals surface area contributed by atoms with Crippen molar-refractivity contribution in [2.45, 2.75) is 12.5 Å². The van der Waals surface area contributed by atoms with Gasteiger partial charge in [-0.1, -0.05) is 0 Å². The summed E-state index contributed by atoms with van der Waals surface area (Å²) in [5, 5.41) is 3.51. The van der Waals surface area contributed by atoms with Crippen LogP contribution in [0.5, 0.6) is 23.0 Å². The predicted molar refractivity (Wildman–Crippen MR) is 92.5 cm³/mol. The maximum absolute atomic E-state index is 5.94. The third-order valence-corrected chi connectivity index (χ3v) is 4.28. The number of nitrogens with one attached hydrogen (secondary N) is 1. The summed E-state index contributed by atoms with van der Waals surface area (Å²) >= 11 is 0. The first-order valence-corrected chi connectivity index (χ1v) is 8.00. The molecular weight excluding hydrogens is 306 g/mol. The van der Waals surface area contributed by atoms with Crippen LogP contribution in [-0.2, 0) is 6.42 Å². The summed E-state index contributed by atoms with van der Waals surface area (Å²) in [6.45, 7) is 1.47. The number of hydrogen-bond acceptors (Lipinski definition) is 5. The molecule has 0 bridgehead atoms. The number of methoxy groups -OCH3 is 3. The van der Waals surface area contributed by atoms with Crippen LogP contribution in [-0.4, -0.2) is 34.5 Å². The third-order valence-electron chi connectivity index (χ3n) is 4.28. The standard InChI is InChI=1S/C19H23NO4/c1-21-14-4-6-15(7-5-14)24-12-17-16-11-19(23-3)18(22-2)10-13(16)8-9-20-17/h4-7,10-11,17,20H,8-9,12H2,1-3H3/t17-/m0/s1. The molecule has 2 aromatic carbocycles. The molecule has 0 unspecified atom stereocenters. The summed E-state index contributed by atoms with van der Waals surface area (Å²) in [7, 11) is 4.97. The highest BCUT2D eigenvalue weighted by Crippen LogP contribution is 2.35. The first-order chi connectivity index (χ1) is 11.7. The number of hydrogen-bond donors (Lipinski definition) is 1. The van der Waals surface area contributed by atoms with Gasteiger partial charge in [-0.25, -0.2) is 0 Å². The fraction of sp³-hybridized carbons (Fsp3) is 0.368. The average molecular weight is 329 g/mol. The Labute approximate surface area is 142 Å². The van der Waals surface area contributed by atoms with Gasteiger partial charge in [0.25, 0.3) is 0 Å². The second-order valence-electron chi connectivity index (χ2n) is 5.65. The largest absolute Gasteiger partial charge is 0.497 e. The minimum atomic E-state index is 0.121. The topological polar surface area (TPSA) is 49.0 Å². The predicted octanol–water partition coefficient (Wildman–Crippen LogP) is 2.98. The smallest absolute Gasteiger partial charge is 0.161 e. The summed E-state index contributed by atoms with van der Waals surface area (Å²) in [5.41, 5.74) is 2.47.